The Morgan fingerprint density at radius 3 is 2.67 bits per heavy atom. The van der Waals surface area contributed by atoms with Crippen LogP contribution in [-0.2, 0) is 16.0 Å². The molecule has 0 spiro atoms. The van der Waals surface area contributed by atoms with Crippen LogP contribution < -0.4 is 0 Å². The number of carbonyl (C=O) groups is 1. The molecule has 2 nitrogen and oxygen atoms in total. The van der Waals surface area contributed by atoms with Crippen LogP contribution in [-0.4, -0.2) is 13.1 Å². The Morgan fingerprint density at radius 1 is 1.33 bits per heavy atom. The molecule has 0 saturated heterocycles. The van der Waals surface area contributed by atoms with Crippen molar-refractivity contribution in [3.63, 3.8) is 0 Å². The fourth-order valence-electron chi connectivity index (χ4n) is 1.65. The van der Waals surface area contributed by atoms with Gasteiger partial charge in [0, 0.05) is 6.42 Å². The molecule has 0 aliphatic rings. The quantitative estimate of drug-likeness (QED) is 0.708. The van der Waals surface area contributed by atoms with Crippen LogP contribution in [0, 0.1) is 13.8 Å². The van der Waals surface area contributed by atoms with Crippen molar-refractivity contribution in [1.82, 2.24) is 0 Å². The van der Waals surface area contributed by atoms with Gasteiger partial charge in [-0.3, -0.25) is 4.79 Å². The number of carbonyl (C=O) groups excluding carboxylic acids is 1. The maximum atomic E-state index is 10.9. The van der Waals surface area contributed by atoms with Gasteiger partial charge in [-0.15, -0.1) is 0 Å². The summed E-state index contributed by atoms with van der Waals surface area (Å²) in [6.07, 6.45) is 2.31. The summed E-state index contributed by atoms with van der Waals surface area (Å²) >= 11 is 0. The van der Waals surface area contributed by atoms with E-state index < -0.39 is 0 Å². The molecule has 0 heterocycles. The van der Waals surface area contributed by atoms with Crippen molar-refractivity contribution in [2.75, 3.05) is 7.11 Å². The highest BCUT2D eigenvalue weighted by atomic mass is 16.5. The molecule has 1 aromatic rings. The Balaban J connectivity index is 2.47. The smallest absolute Gasteiger partial charge is 0.305 e. The summed E-state index contributed by atoms with van der Waals surface area (Å²) in [4.78, 5) is 10.9. The molecule has 15 heavy (non-hydrogen) atoms. The normalized spacial score (nSPS) is 10.1. The Labute approximate surface area is 91.3 Å². The Kier molecular flexibility index (Phi) is 4.35. The molecule has 0 aliphatic heterocycles. The first-order valence-corrected chi connectivity index (χ1v) is 5.26. The molecule has 0 saturated carbocycles. The molecule has 2 heteroatoms. The zero-order valence-electron chi connectivity index (χ0n) is 9.67. The lowest BCUT2D eigenvalue weighted by Gasteiger charge is -2.06. The molecule has 0 unspecified atom stereocenters. The lowest BCUT2D eigenvalue weighted by atomic mass is 10.0. The SMILES string of the molecule is COC(=O)CCCc1ccc(C)cc1C. The highest BCUT2D eigenvalue weighted by Crippen LogP contribution is 2.13. The summed E-state index contributed by atoms with van der Waals surface area (Å²) in [5.74, 6) is -0.125. The van der Waals surface area contributed by atoms with E-state index in [-0.39, 0.29) is 5.97 Å². The van der Waals surface area contributed by atoms with Gasteiger partial charge in [-0.2, -0.15) is 0 Å². The standard InChI is InChI=1S/C13H18O2/c1-10-7-8-12(11(2)9-10)5-4-6-13(14)15-3/h7-9H,4-6H2,1-3H3. The molecular formula is C13H18O2. The van der Waals surface area contributed by atoms with Gasteiger partial charge in [-0.1, -0.05) is 23.8 Å². The van der Waals surface area contributed by atoms with Crippen molar-refractivity contribution in [1.29, 1.82) is 0 Å². The topological polar surface area (TPSA) is 26.3 Å². The van der Waals surface area contributed by atoms with E-state index in [1.54, 1.807) is 0 Å². The van der Waals surface area contributed by atoms with E-state index in [4.69, 9.17) is 0 Å². The van der Waals surface area contributed by atoms with Crippen molar-refractivity contribution >= 4 is 5.97 Å². The number of methoxy groups -OCH3 is 1. The van der Waals surface area contributed by atoms with Crippen molar-refractivity contribution in [3.8, 4) is 0 Å². The van der Waals surface area contributed by atoms with Gasteiger partial charge < -0.3 is 4.74 Å². The number of rotatable bonds is 4. The van der Waals surface area contributed by atoms with Crippen LogP contribution in [0.5, 0.6) is 0 Å². The molecule has 1 aromatic carbocycles. The van der Waals surface area contributed by atoms with Gasteiger partial charge in [0.1, 0.15) is 0 Å². The summed E-state index contributed by atoms with van der Waals surface area (Å²) in [6, 6.07) is 6.43. The minimum atomic E-state index is -0.125. The summed E-state index contributed by atoms with van der Waals surface area (Å²) in [5, 5.41) is 0. The molecule has 82 valence electrons. The predicted molar refractivity (Wildman–Crippen MR) is 60.9 cm³/mol. The van der Waals surface area contributed by atoms with Crippen molar-refractivity contribution in [3.05, 3.63) is 34.9 Å². The van der Waals surface area contributed by atoms with Crippen LogP contribution in [0.25, 0.3) is 0 Å². The average Bonchev–Trinajstić information content (AvgIpc) is 2.21. The number of benzene rings is 1. The summed E-state index contributed by atoms with van der Waals surface area (Å²) in [7, 11) is 1.43. The van der Waals surface area contributed by atoms with Crippen molar-refractivity contribution in [2.24, 2.45) is 0 Å². The molecule has 0 aromatic heterocycles. The lowest BCUT2D eigenvalue weighted by molar-refractivity contribution is -0.140. The van der Waals surface area contributed by atoms with Crippen molar-refractivity contribution in [2.45, 2.75) is 33.1 Å². The van der Waals surface area contributed by atoms with E-state index in [9.17, 15) is 4.79 Å². The predicted octanol–water partition coefficient (Wildman–Crippen LogP) is 2.80. The second-order valence-electron chi connectivity index (χ2n) is 3.86. The Hall–Kier alpha value is -1.31. The van der Waals surface area contributed by atoms with Gasteiger partial charge >= 0.3 is 5.97 Å². The third kappa shape index (κ3) is 3.74. The van der Waals surface area contributed by atoms with E-state index in [1.807, 2.05) is 0 Å². The van der Waals surface area contributed by atoms with Gasteiger partial charge in [0.05, 0.1) is 7.11 Å². The van der Waals surface area contributed by atoms with E-state index in [1.165, 1.54) is 23.8 Å². The van der Waals surface area contributed by atoms with Crippen LogP contribution in [0.4, 0.5) is 0 Å². The van der Waals surface area contributed by atoms with Gasteiger partial charge in [0.15, 0.2) is 0 Å². The first-order chi connectivity index (χ1) is 7.13. The highest BCUT2D eigenvalue weighted by Gasteiger charge is 2.02. The summed E-state index contributed by atoms with van der Waals surface area (Å²) in [5.41, 5.74) is 3.91. The van der Waals surface area contributed by atoms with E-state index in [2.05, 4.69) is 36.8 Å². The van der Waals surface area contributed by atoms with E-state index >= 15 is 0 Å². The van der Waals surface area contributed by atoms with Crippen LogP contribution in [0.3, 0.4) is 0 Å². The Morgan fingerprint density at radius 2 is 2.07 bits per heavy atom. The maximum absolute atomic E-state index is 10.9. The zero-order valence-corrected chi connectivity index (χ0v) is 9.67. The molecular weight excluding hydrogens is 188 g/mol. The number of ether oxygens (including phenoxy) is 1. The van der Waals surface area contributed by atoms with Crippen LogP contribution in [0.1, 0.15) is 29.5 Å². The summed E-state index contributed by atoms with van der Waals surface area (Å²) < 4.78 is 4.60. The van der Waals surface area contributed by atoms with Crippen LogP contribution in [0.15, 0.2) is 18.2 Å². The van der Waals surface area contributed by atoms with Gasteiger partial charge in [0.2, 0.25) is 0 Å². The largest absolute Gasteiger partial charge is 0.469 e. The molecule has 0 radical (unpaired) electrons. The minimum Gasteiger partial charge on any atom is -0.469 e. The van der Waals surface area contributed by atoms with E-state index in [0.717, 1.165) is 12.8 Å². The van der Waals surface area contributed by atoms with Gasteiger partial charge in [0.25, 0.3) is 0 Å². The number of hydrogen-bond donors (Lipinski definition) is 0. The molecule has 0 N–H and O–H groups in total. The monoisotopic (exact) mass is 206 g/mol. The number of esters is 1. The average molecular weight is 206 g/mol. The second-order valence-corrected chi connectivity index (χ2v) is 3.86. The third-order valence-corrected chi connectivity index (χ3v) is 2.55. The fraction of sp³-hybridized carbons (Fsp3) is 0.462. The van der Waals surface area contributed by atoms with Crippen LogP contribution in [0.2, 0.25) is 0 Å². The highest BCUT2D eigenvalue weighted by molar-refractivity contribution is 5.69. The summed E-state index contributed by atoms with van der Waals surface area (Å²) in [6.45, 7) is 4.20. The molecule has 0 aliphatic carbocycles. The van der Waals surface area contributed by atoms with E-state index in [0.29, 0.717) is 6.42 Å². The molecule has 1 rings (SSSR count). The van der Waals surface area contributed by atoms with Gasteiger partial charge in [-0.05, 0) is 37.8 Å². The van der Waals surface area contributed by atoms with Crippen LogP contribution >= 0.6 is 0 Å². The number of aryl methyl sites for hydroxylation is 3. The fourth-order valence-corrected chi connectivity index (χ4v) is 1.65. The maximum Gasteiger partial charge on any atom is 0.305 e. The number of hydrogen-bond acceptors (Lipinski definition) is 2. The third-order valence-electron chi connectivity index (χ3n) is 2.55. The molecule has 0 amide bonds. The molecule has 0 fully saturated rings. The minimum absolute atomic E-state index is 0.125. The van der Waals surface area contributed by atoms with Gasteiger partial charge in [-0.25, -0.2) is 0 Å². The molecule has 0 atom stereocenters. The Bertz CT molecular complexity index is 342. The lowest BCUT2D eigenvalue weighted by Crippen LogP contribution is -2.01. The molecule has 0 bridgehead atoms. The first kappa shape index (κ1) is 11.8. The first-order valence-electron chi connectivity index (χ1n) is 5.26. The van der Waals surface area contributed by atoms with Crippen molar-refractivity contribution < 1.29 is 9.53 Å². The second kappa shape index (κ2) is 5.54. The zero-order chi connectivity index (χ0) is 11.3.